The lowest BCUT2D eigenvalue weighted by Crippen LogP contribution is -2.32. The molecule has 7 nitrogen and oxygen atoms in total. The molecule has 2 aromatic heterocycles. The minimum atomic E-state index is -0.623. The summed E-state index contributed by atoms with van der Waals surface area (Å²) < 4.78 is 1.13. The summed E-state index contributed by atoms with van der Waals surface area (Å²) in [5.74, 6) is 0.334. The van der Waals surface area contributed by atoms with Crippen LogP contribution < -0.4 is 22.1 Å². The fourth-order valence-electron chi connectivity index (χ4n) is 2.65. The zero-order chi connectivity index (χ0) is 14.8. The number of H-pyrrole nitrogens is 2. The van der Waals surface area contributed by atoms with E-state index >= 15 is 0 Å². The van der Waals surface area contributed by atoms with E-state index in [9.17, 15) is 14.4 Å². The second kappa shape index (κ2) is 5.53. The van der Waals surface area contributed by atoms with Gasteiger partial charge in [0.05, 0.1) is 0 Å². The molecule has 0 bridgehead atoms. The summed E-state index contributed by atoms with van der Waals surface area (Å²) in [5, 5.41) is 3.28. The molecule has 21 heavy (non-hydrogen) atoms. The van der Waals surface area contributed by atoms with Gasteiger partial charge in [-0.3, -0.25) is 19.1 Å². The van der Waals surface area contributed by atoms with E-state index in [1.165, 1.54) is 12.3 Å². The summed E-state index contributed by atoms with van der Waals surface area (Å²) >= 11 is 0. The van der Waals surface area contributed by atoms with Crippen molar-refractivity contribution in [1.29, 1.82) is 0 Å². The lowest BCUT2D eigenvalue weighted by atomic mass is 9.94. The van der Waals surface area contributed by atoms with E-state index in [0.29, 0.717) is 5.92 Å². The van der Waals surface area contributed by atoms with E-state index in [2.05, 4.69) is 15.3 Å². The van der Waals surface area contributed by atoms with Crippen LogP contribution in [0.1, 0.15) is 24.5 Å². The quantitative estimate of drug-likeness (QED) is 0.705. The Morgan fingerprint density at radius 3 is 2.43 bits per heavy atom. The van der Waals surface area contributed by atoms with Crippen molar-refractivity contribution >= 4 is 0 Å². The van der Waals surface area contributed by atoms with Gasteiger partial charge in [0.15, 0.2) is 0 Å². The SMILES string of the molecule is O=c1ccn(-c2ccc(C3CCNCC3)[nH]c2=O)c(=O)[nH]1. The molecule has 1 aliphatic heterocycles. The summed E-state index contributed by atoms with van der Waals surface area (Å²) in [6, 6.07) is 4.67. The summed E-state index contributed by atoms with van der Waals surface area (Å²) in [4.78, 5) is 40.0. The van der Waals surface area contributed by atoms with E-state index < -0.39 is 11.2 Å². The van der Waals surface area contributed by atoms with Crippen LogP contribution in [0.15, 0.2) is 38.8 Å². The minimum Gasteiger partial charge on any atom is -0.324 e. The van der Waals surface area contributed by atoms with Gasteiger partial charge >= 0.3 is 5.69 Å². The normalized spacial score (nSPS) is 16.0. The lowest BCUT2D eigenvalue weighted by Gasteiger charge is -2.22. The fraction of sp³-hybridized carbons (Fsp3) is 0.357. The second-order valence-corrected chi connectivity index (χ2v) is 5.13. The molecule has 2 aromatic rings. The van der Waals surface area contributed by atoms with E-state index in [0.717, 1.165) is 36.2 Å². The van der Waals surface area contributed by atoms with Gasteiger partial charge in [-0.25, -0.2) is 4.79 Å². The summed E-state index contributed by atoms with van der Waals surface area (Å²) in [6.07, 6.45) is 3.26. The zero-order valence-corrected chi connectivity index (χ0v) is 11.4. The molecule has 0 saturated carbocycles. The monoisotopic (exact) mass is 288 g/mol. The first-order valence-corrected chi connectivity index (χ1v) is 6.91. The minimum absolute atomic E-state index is 0.203. The summed E-state index contributed by atoms with van der Waals surface area (Å²) in [5.41, 5.74) is -0.349. The lowest BCUT2D eigenvalue weighted by molar-refractivity contribution is 0.452. The molecule has 0 aromatic carbocycles. The summed E-state index contributed by atoms with van der Waals surface area (Å²) in [7, 11) is 0. The molecular formula is C14H16N4O3. The van der Waals surface area contributed by atoms with Gasteiger partial charge in [-0.2, -0.15) is 0 Å². The highest BCUT2D eigenvalue weighted by Crippen LogP contribution is 2.22. The van der Waals surface area contributed by atoms with Gasteiger partial charge in [0.2, 0.25) is 0 Å². The largest absolute Gasteiger partial charge is 0.333 e. The highest BCUT2D eigenvalue weighted by molar-refractivity contribution is 5.30. The molecular weight excluding hydrogens is 272 g/mol. The van der Waals surface area contributed by atoms with Crippen molar-refractivity contribution < 1.29 is 0 Å². The van der Waals surface area contributed by atoms with Crippen molar-refractivity contribution in [2.45, 2.75) is 18.8 Å². The third-order valence-electron chi connectivity index (χ3n) is 3.77. The van der Waals surface area contributed by atoms with Gasteiger partial charge in [-0.1, -0.05) is 0 Å². The molecule has 0 unspecified atom stereocenters. The molecule has 1 saturated heterocycles. The number of nitrogens with zero attached hydrogens (tertiary/aromatic N) is 1. The summed E-state index contributed by atoms with van der Waals surface area (Å²) in [6.45, 7) is 1.88. The van der Waals surface area contributed by atoms with Crippen LogP contribution in [-0.4, -0.2) is 27.6 Å². The molecule has 1 aliphatic rings. The number of pyridine rings is 1. The maximum absolute atomic E-state index is 12.2. The number of piperidine rings is 1. The topological polar surface area (TPSA) is 99.8 Å². The number of hydrogen-bond donors (Lipinski definition) is 3. The Balaban J connectivity index is 2.00. The van der Waals surface area contributed by atoms with Crippen LogP contribution in [0.4, 0.5) is 0 Å². The van der Waals surface area contributed by atoms with Crippen LogP contribution in [0.25, 0.3) is 5.69 Å². The van der Waals surface area contributed by atoms with Crippen LogP contribution in [0.5, 0.6) is 0 Å². The van der Waals surface area contributed by atoms with Crippen LogP contribution >= 0.6 is 0 Å². The van der Waals surface area contributed by atoms with Crippen molar-refractivity contribution in [2.24, 2.45) is 0 Å². The predicted octanol–water partition coefficient (Wildman–Crippen LogP) is -0.319. The molecule has 3 rings (SSSR count). The predicted molar refractivity (Wildman–Crippen MR) is 78.1 cm³/mol. The van der Waals surface area contributed by atoms with E-state index in [1.54, 1.807) is 6.07 Å². The number of rotatable bonds is 2. The maximum Gasteiger partial charge on any atom is 0.333 e. The van der Waals surface area contributed by atoms with Crippen molar-refractivity contribution in [3.63, 3.8) is 0 Å². The fourth-order valence-corrected chi connectivity index (χ4v) is 2.65. The first-order chi connectivity index (χ1) is 10.1. The maximum atomic E-state index is 12.2. The molecule has 3 heterocycles. The Morgan fingerprint density at radius 1 is 1.00 bits per heavy atom. The number of hydrogen-bond acceptors (Lipinski definition) is 4. The number of aromatic amines is 2. The van der Waals surface area contributed by atoms with Gasteiger partial charge in [-0.15, -0.1) is 0 Å². The van der Waals surface area contributed by atoms with Crippen molar-refractivity contribution in [3.8, 4) is 5.69 Å². The van der Waals surface area contributed by atoms with Gasteiger partial charge < -0.3 is 10.3 Å². The van der Waals surface area contributed by atoms with Crippen molar-refractivity contribution in [1.82, 2.24) is 19.9 Å². The zero-order valence-electron chi connectivity index (χ0n) is 11.4. The first-order valence-electron chi connectivity index (χ1n) is 6.91. The average Bonchev–Trinajstić information content (AvgIpc) is 2.49. The Morgan fingerprint density at radius 2 is 1.76 bits per heavy atom. The smallest absolute Gasteiger partial charge is 0.324 e. The Kier molecular flexibility index (Phi) is 3.57. The van der Waals surface area contributed by atoms with Crippen LogP contribution in [0, 0.1) is 0 Å². The molecule has 0 atom stereocenters. The van der Waals surface area contributed by atoms with Gasteiger partial charge in [-0.05, 0) is 38.1 Å². The standard InChI is InChI=1S/C14H16N4O3/c19-12-5-8-18(14(21)17-12)11-2-1-10(16-13(11)20)9-3-6-15-7-4-9/h1-2,5,8-9,15H,3-4,6-7H2,(H,16,20)(H,17,19,21). The average molecular weight is 288 g/mol. The van der Waals surface area contributed by atoms with Crippen LogP contribution in [0.2, 0.25) is 0 Å². The molecule has 0 spiro atoms. The Bertz CT molecular complexity index is 812. The number of aromatic nitrogens is 3. The van der Waals surface area contributed by atoms with Crippen LogP contribution in [0.3, 0.4) is 0 Å². The first kappa shape index (κ1) is 13.6. The van der Waals surface area contributed by atoms with Crippen molar-refractivity contribution in [3.05, 3.63) is 61.3 Å². The van der Waals surface area contributed by atoms with Gasteiger partial charge in [0.1, 0.15) is 5.69 Å². The van der Waals surface area contributed by atoms with E-state index in [1.807, 2.05) is 6.07 Å². The molecule has 0 amide bonds. The molecule has 0 aliphatic carbocycles. The second-order valence-electron chi connectivity index (χ2n) is 5.13. The highest BCUT2D eigenvalue weighted by Gasteiger charge is 2.16. The molecule has 110 valence electrons. The number of nitrogens with one attached hydrogen (secondary N) is 3. The van der Waals surface area contributed by atoms with Gasteiger partial charge in [0, 0.05) is 23.9 Å². The van der Waals surface area contributed by atoms with Crippen LogP contribution in [-0.2, 0) is 0 Å². The van der Waals surface area contributed by atoms with E-state index in [-0.39, 0.29) is 11.2 Å². The highest BCUT2D eigenvalue weighted by atomic mass is 16.2. The van der Waals surface area contributed by atoms with Gasteiger partial charge in [0.25, 0.3) is 11.1 Å². The molecule has 7 heteroatoms. The third-order valence-corrected chi connectivity index (χ3v) is 3.77. The molecule has 0 radical (unpaired) electrons. The molecule has 1 fully saturated rings. The third kappa shape index (κ3) is 2.73. The van der Waals surface area contributed by atoms with Crippen molar-refractivity contribution in [2.75, 3.05) is 13.1 Å². The Labute approximate surface area is 119 Å². The molecule has 3 N–H and O–H groups in total. The Hall–Kier alpha value is -2.41. The van der Waals surface area contributed by atoms with E-state index in [4.69, 9.17) is 0 Å².